The number of para-hydroxylation sites is 3. The lowest BCUT2D eigenvalue weighted by Crippen LogP contribution is -2.15. The molecule has 30 heavy (non-hydrogen) atoms. The first-order valence-electron chi connectivity index (χ1n) is 9.37. The molecule has 0 aliphatic rings. The second-order valence-corrected chi connectivity index (χ2v) is 7.40. The lowest BCUT2D eigenvalue weighted by Gasteiger charge is -2.12. The van der Waals surface area contributed by atoms with Crippen LogP contribution in [0, 0.1) is 0 Å². The smallest absolute Gasteiger partial charge is 0.234 e. The number of hydrogen-bond acceptors (Lipinski definition) is 5. The average Bonchev–Trinajstić information content (AvgIpc) is 3.16. The Morgan fingerprint density at radius 2 is 1.77 bits per heavy atom. The van der Waals surface area contributed by atoms with E-state index in [1.165, 1.54) is 11.8 Å². The molecular formula is C23H21N3O3S. The fourth-order valence-electron chi connectivity index (χ4n) is 3.16. The minimum Gasteiger partial charge on any atom is -0.497 e. The van der Waals surface area contributed by atoms with Gasteiger partial charge in [0, 0.05) is 11.8 Å². The Labute approximate surface area is 178 Å². The van der Waals surface area contributed by atoms with E-state index >= 15 is 0 Å². The van der Waals surface area contributed by atoms with Crippen molar-refractivity contribution < 1.29 is 14.3 Å². The molecule has 0 aliphatic carbocycles. The largest absolute Gasteiger partial charge is 0.497 e. The fraction of sp³-hybridized carbons (Fsp3) is 0.130. The summed E-state index contributed by atoms with van der Waals surface area (Å²) in [5.74, 6) is 1.27. The maximum absolute atomic E-state index is 12.7. The van der Waals surface area contributed by atoms with Gasteiger partial charge in [-0.05, 0) is 36.4 Å². The molecule has 3 aromatic carbocycles. The Balaban J connectivity index is 1.57. The number of anilines is 1. The van der Waals surface area contributed by atoms with Crippen molar-refractivity contribution in [1.82, 2.24) is 9.55 Å². The second-order valence-electron chi connectivity index (χ2n) is 6.46. The van der Waals surface area contributed by atoms with Gasteiger partial charge in [-0.1, -0.05) is 42.1 Å². The van der Waals surface area contributed by atoms with E-state index in [0.717, 1.165) is 21.9 Å². The normalized spacial score (nSPS) is 10.7. The van der Waals surface area contributed by atoms with Gasteiger partial charge in [-0.15, -0.1) is 0 Å². The average molecular weight is 420 g/mol. The maximum atomic E-state index is 12.7. The second kappa shape index (κ2) is 8.92. The number of methoxy groups -OCH3 is 2. The number of rotatable bonds is 7. The van der Waals surface area contributed by atoms with Crippen molar-refractivity contribution >= 4 is 34.4 Å². The van der Waals surface area contributed by atoms with Crippen LogP contribution >= 0.6 is 11.8 Å². The van der Waals surface area contributed by atoms with Crippen LogP contribution in [-0.4, -0.2) is 35.4 Å². The SMILES string of the molecule is COc1ccc(OC)c(NC(=O)CSc2nc3ccccc3n2-c2ccccc2)c1. The number of nitrogens with zero attached hydrogens (tertiary/aromatic N) is 2. The van der Waals surface area contributed by atoms with E-state index in [1.54, 1.807) is 32.4 Å². The molecule has 0 aliphatic heterocycles. The highest BCUT2D eigenvalue weighted by Gasteiger charge is 2.15. The first-order chi connectivity index (χ1) is 14.7. The molecule has 1 aromatic heterocycles. The summed E-state index contributed by atoms with van der Waals surface area (Å²) in [4.78, 5) is 17.4. The van der Waals surface area contributed by atoms with Gasteiger partial charge < -0.3 is 14.8 Å². The molecule has 1 N–H and O–H groups in total. The monoisotopic (exact) mass is 419 g/mol. The van der Waals surface area contributed by atoms with Gasteiger partial charge in [-0.2, -0.15) is 0 Å². The summed E-state index contributed by atoms with van der Waals surface area (Å²) in [6.45, 7) is 0. The number of ether oxygens (including phenoxy) is 2. The lowest BCUT2D eigenvalue weighted by molar-refractivity contribution is -0.113. The van der Waals surface area contributed by atoms with E-state index < -0.39 is 0 Å². The molecule has 0 atom stereocenters. The molecule has 1 heterocycles. The van der Waals surface area contributed by atoms with E-state index in [1.807, 2.05) is 54.6 Å². The van der Waals surface area contributed by atoms with Gasteiger partial charge in [-0.25, -0.2) is 4.98 Å². The zero-order valence-electron chi connectivity index (χ0n) is 16.7. The molecule has 152 valence electrons. The summed E-state index contributed by atoms with van der Waals surface area (Å²) in [6, 6.07) is 23.2. The van der Waals surface area contributed by atoms with Crippen LogP contribution in [0.25, 0.3) is 16.7 Å². The van der Waals surface area contributed by atoms with Crippen molar-refractivity contribution in [2.24, 2.45) is 0 Å². The zero-order valence-corrected chi connectivity index (χ0v) is 17.5. The molecule has 1 amide bonds. The molecule has 0 radical (unpaired) electrons. The van der Waals surface area contributed by atoms with Crippen molar-refractivity contribution in [2.75, 3.05) is 25.3 Å². The molecule has 4 rings (SSSR count). The number of hydrogen-bond donors (Lipinski definition) is 1. The molecule has 6 nitrogen and oxygen atoms in total. The molecule has 4 aromatic rings. The van der Waals surface area contributed by atoms with Gasteiger partial charge in [0.2, 0.25) is 5.91 Å². The van der Waals surface area contributed by atoms with Crippen molar-refractivity contribution in [2.45, 2.75) is 5.16 Å². The maximum Gasteiger partial charge on any atom is 0.234 e. The van der Waals surface area contributed by atoms with Crippen LogP contribution in [-0.2, 0) is 4.79 Å². The van der Waals surface area contributed by atoms with Crippen molar-refractivity contribution in [3.8, 4) is 17.2 Å². The topological polar surface area (TPSA) is 65.4 Å². The molecule has 7 heteroatoms. The molecule has 0 saturated carbocycles. The van der Waals surface area contributed by atoms with Crippen LogP contribution in [0.1, 0.15) is 0 Å². The lowest BCUT2D eigenvalue weighted by atomic mass is 10.2. The van der Waals surface area contributed by atoms with Crippen LogP contribution in [0.3, 0.4) is 0 Å². The van der Waals surface area contributed by atoms with Crippen LogP contribution in [0.15, 0.2) is 78.0 Å². The van der Waals surface area contributed by atoms with E-state index in [4.69, 9.17) is 14.5 Å². The minimum atomic E-state index is -0.154. The number of fused-ring (bicyclic) bond motifs is 1. The van der Waals surface area contributed by atoms with Gasteiger partial charge in [0.05, 0.1) is 36.7 Å². The van der Waals surface area contributed by atoms with Crippen LogP contribution in [0.2, 0.25) is 0 Å². The highest BCUT2D eigenvalue weighted by molar-refractivity contribution is 7.99. The third-order valence-corrected chi connectivity index (χ3v) is 5.50. The van der Waals surface area contributed by atoms with E-state index in [0.29, 0.717) is 17.2 Å². The van der Waals surface area contributed by atoms with E-state index in [2.05, 4.69) is 9.88 Å². The van der Waals surface area contributed by atoms with E-state index in [-0.39, 0.29) is 11.7 Å². The predicted octanol–water partition coefficient (Wildman–Crippen LogP) is 4.77. The Kier molecular flexibility index (Phi) is 5.90. The first-order valence-corrected chi connectivity index (χ1v) is 10.4. The summed E-state index contributed by atoms with van der Waals surface area (Å²) in [7, 11) is 3.14. The number of imidazole rings is 1. The Bertz CT molecular complexity index is 1180. The number of aromatic nitrogens is 2. The highest BCUT2D eigenvalue weighted by Crippen LogP contribution is 2.30. The first kappa shape index (κ1) is 19.8. The summed E-state index contributed by atoms with van der Waals surface area (Å²) < 4.78 is 12.6. The number of carbonyl (C=O) groups is 1. The third kappa shape index (κ3) is 4.11. The van der Waals surface area contributed by atoms with E-state index in [9.17, 15) is 4.79 Å². The summed E-state index contributed by atoms with van der Waals surface area (Å²) in [6.07, 6.45) is 0. The van der Waals surface area contributed by atoms with Crippen LogP contribution < -0.4 is 14.8 Å². The van der Waals surface area contributed by atoms with Gasteiger partial charge in [0.15, 0.2) is 5.16 Å². The van der Waals surface area contributed by atoms with Gasteiger partial charge >= 0.3 is 0 Å². The number of thioether (sulfide) groups is 1. The van der Waals surface area contributed by atoms with Crippen molar-refractivity contribution in [3.63, 3.8) is 0 Å². The van der Waals surface area contributed by atoms with Crippen LogP contribution in [0.5, 0.6) is 11.5 Å². The Morgan fingerprint density at radius 1 is 1.00 bits per heavy atom. The van der Waals surface area contributed by atoms with Crippen molar-refractivity contribution in [3.05, 3.63) is 72.8 Å². The molecule has 0 spiro atoms. The molecule has 0 saturated heterocycles. The third-order valence-electron chi connectivity index (χ3n) is 4.56. The predicted molar refractivity (Wildman–Crippen MR) is 120 cm³/mol. The number of nitrogens with one attached hydrogen (secondary N) is 1. The number of amides is 1. The van der Waals surface area contributed by atoms with Crippen LogP contribution in [0.4, 0.5) is 5.69 Å². The summed E-state index contributed by atoms with van der Waals surface area (Å²) in [5.41, 5.74) is 3.46. The number of benzene rings is 3. The van der Waals surface area contributed by atoms with Gasteiger partial charge in [-0.3, -0.25) is 9.36 Å². The Hall–Kier alpha value is -3.45. The highest BCUT2D eigenvalue weighted by atomic mass is 32.2. The van der Waals surface area contributed by atoms with Gasteiger partial charge in [0.25, 0.3) is 0 Å². The molecule has 0 unspecified atom stereocenters. The quantitative estimate of drug-likeness (QED) is 0.437. The van der Waals surface area contributed by atoms with Crippen molar-refractivity contribution in [1.29, 1.82) is 0 Å². The molecule has 0 bridgehead atoms. The summed E-state index contributed by atoms with van der Waals surface area (Å²) in [5, 5.41) is 3.66. The number of carbonyl (C=O) groups excluding carboxylic acids is 1. The molecular weight excluding hydrogens is 398 g/mol. The standard InChI is InChI=1S/C23H21N3O3S/c1-28-17-12-13-21(29-2)19(14-17)24-22(27)15-30-23-25-18-10-6-7-11-20(18)26(23)16-8-4-3-5-9-16/h3-14H,15H2,1-2H3,(H,24,27). The Morgan fingerprint density at radius 3 is 2.53 bits per heavy atom. The molecule has 0 fully saturated rings. The zero-order chi connectivity index (χ0) is 20.9. The van der Waals surface area contributed by atoms with Gasteiger partial charge in [0.1, 0.15) is 11.5 Å². The summed E-state index contributed by atoms with van der Waals surface area (Å²) >= 11 is 1.39. The minimum absolute atomic E-state index is 0.154. The fourth-order valence-corrected chi connectivity index (χ4v) is 3.98.